The lowest BCUT2D eigenvalue weighted by Gasteiger charge is -1.99. The molecule has 1 N–H and O–H groups in total. The smallest absolute Gasteiger partial charge is 0.122 e. The van der Waals surface area contributed by atoms with Gasteiger partial charge in [-0.25, -0.2) is 0 Å². The van der Waals surface area contributed by atoms with Crippen LogP contribution < -0.4 is 5.09 Å². The van der Waals surface area contributed by atoms with Gasteiger partial charge in [-0.3, -0.25) is 0 Å². The predicted octanol–water partition coefficient (Wildman–Crippen LogP) is 0.591. The van der Waals surface area contributed by atoms with Gasteiger partial charge in [-0.05, 0) is 13.0 Å². The summed E-state index contributed by atoms with van der Waals surface area (Å²) in [5.74, 6) is 0.197. The molecule has 3 heteroatoms. The molecule has 0 bridgehead atoms. The molecule has 0 fully saturated rings. The summed E-state index contributed by atoms with van der Waals surface area (Å²) in [7, 11) is 2.40. The second-order valence-corrected chi connectivity index (χ2v) is 2.26. The molecule has 0 spiro atoms. The summed E-state index contributed by atoms with van der Waals surface area (Å²) in [6, 6.07) is 0. The molecule has 0 saturated carbocycles. The Morgan fingerprint density at radius 3 is 2.88 bits per heavy atom. The number of carbonyl (C=O) groups excluding carboxylic acids is 1. The maximum atomic E-state index is 9.98. The lowest BCUT2D eigenvalue weighted by Crippen LogP contribution is -2.06. The van der Waals surface area contributed by atoms with Gasteiger partial charge >= 0.3 is 0 Å². The Labute approximate surface area is 52.3 Å². The summed E-state index contributed by atoms with van der Waals surface area (Å²) in [4.78, 5) is 9.98. The summed E-state index contributed by atoms with van der Waals surface area (Å²) < 4.78 is 0. The topological polar surface area (TPSA) is 29.1 Å². The quantitative estimate of drug-likeness (QED) is 0.449. The Morgan fingerprint density at radius 2 is 2.50 bits per heavy atom. The zero-order valence-corrected chi connectivity index (χ0v) is 6.21. The molecule has 0 aliphatic rings. The summed E-state index contributed by atoms with van der Waals surface area (Å²) in [5, 5.41) is 2.89. The molecule has 8 heavy (non-hydrogen) atoms. The minimum Gasteiger partial charge on any atom is -0.303 e. The zero-order chi connectivity index (χ0) is 6.41. The van der Waals surface area contributed by atoms with Crippen LogP contribution in [0.2, 0.25) is 0 Å². The van der Waals surface area contributed by atoms with Crippen LogP contribution in [0, 0.1) is 5.92 Å². The molecule has 0 heterocycles. The molecule has 0 aromatic rings. The monoisotopic (exact) mass is 133 g/mol. The highest BCUT2D eigenvalue weighted by Crippen LogP contribution is 1.94. The van der Waals surface area contributed by atoms with Crippen molar-refractivity contribution in [1.82, 2.24) is 5.09 Å². The van der Waals surface area contributed by atoms with E-state index in [1.54, 1.807) is 0 Å². The molecule has 0 aliphatic carbocycles. The first kappa shape index (κ1) is 8.06. The number of aldehydes is 1. The fourth-order valence-electron chi connectivity index (χ4n) is 0.379. The second kappa shape index (κ2) is 5.20. The first-order chi connectivity index (χ1) is 3.81. The Balaban J connectivity index is 2.98. The third-order valence-corrected chi connectivity index (χ3v) is 1.26. The number of nitrogens with one attached hydrogen (secondary N) is 1. The highest BCUT2D eigenvalue weighted by molar-refractivity contribution is 7.13. The van der Waals surface area contributed by atoms with E-state index in [0.717, 1.165) is 19.3 Å². The molecule has 0 aromatic heterocycles. The molecule has 0 saturated heterocycles. The van der Waals surface area contributed by atoms with Crippen molar-refractivity contribution in [3.05, 3.63) is 0 Å². The standard InChI is InChI=1S/C5H12NOP/c1-5(4-7)2-3-6-8/h4-6H,2-3,8H2,1H3. The van der Waals surface area contributed by atoms with E-state index < -0.39 is 0 Å². The van der Waals surface area contributed by atoms with Gasteiger partial charge in [0.2, 0.25) is 0 Å². The molecule has 2 atom stereocenters. The second-order valence-electron chi connectivity index (χ2n) is 1.86. The van der Waals surface area contributed by atoms with E-state index in [0.29, 0.717) is 0 Å². The third kappa shape index (κ3) is 4.23. The van der Waals surface area contributed by atoms with Crippen LogP contribution in [0.25, 0.3) is 0 Å². The predicted molar refractivity (Wildman–Crippen MR) is 37.6 cm³/mol. The Bertz CT molecular complexity index is 67.4. The molecule has 0 aromatic carbocycles. The molecular formula is C5H12NOP. The Kier molecular flexibility index (Phi) is 5.24. The van der Waals surface area contributed by atoms with Gasteiger partial charge in [0, 0.05) is 5.92 Å². The number of hydrogen-bond donors (Lipinski definition) is 1. The van der Waals surface area contributed by atoms with Gasteiger partial charge in [0.15, 0.2) is 0 Å². The van der Waals surface area contributed by atoms with E-state index >= 15 is 0 Å². The van der Waals surface area contributed by atoms with Crippen LogP contribution in [-0.2, 0) is 4.79 Å². The lowest BCUT2D eigenvalue weighted by molar-refractivity contribution is -0.110. The summed E-state index contributed by atoms with van der Waals surface area (Å²) in [6.45, 7) is 2.81. The molecule has 2 nitrogen and oxygen atoms in total. The molecule has 0 aliphatic heterocycles. The minimum atomic E-state index is 0.197. The SMILES string of the molecule is CC(C=O)CCNP. The van der Waals surface area contributed by atoms with Gasteiger partial charge in [-0.2, -0.15) is 0 Å². The zero-order valence-electron chi connectivity index (χ0n) is 5.05. The molecular weight excluding hydrogens is 121 g/mol. The van der Waals surface area contributed by atoms with Gasteiger partial charge in [0.25, 0.3) is 0 Å². The van der Waals surface area contributed by atoms with Crippen molar-refractivity contribution in [2.24, 2.45) is 5.92 Å². The fraction of sp³-hybridized carbons (Fsp3) is 0.800. The van der Waals surface area contributed by atoms with Crippen molar-refractivity contribution >= 4 is 15.7 Å². The van der Waals surface area contributed by atoms with Gasteiger partial charge < -0.3 is 9.88 Å². The third-order valence-electron chi connectivity index (χ3n) is 0.976. The van der Waals surface area contributed by atoms with E-state index in [4.69, 9.17) is 0 Å². The highest BCUT2D eigenvalue weighted by Gasteiger charge is 1.95. The molecule has 2 unspecified atom stereocenters. The van der Waals surface area contributed by atoms with E-state index in [1.165, 1.54) is 0 Å². The van der Waals surface area contributed by atoms with Crippen LogP contribution in [-0.4, -0.2) is 12.8 Å². The van der Waals surface area contributed by atoms with Crippen molar-refractivity contribution in [2.45, 2.75) is 13.3 Å². The van der Waals surface area contributed by atoms with Gasteiger partial charge in [-0.15, -0.1) is 0 Å². The molecule has 48 valence electrons. The van der Waals surface area contributed by atoms with Crippen LogP contribution in [0.3, 0.4) is 0 Å². The largest absolute Gasteiger partial charge is 0.303 e. The fourth-order valence-corrected chi connectivity index (χ4v) is 0.546. The Hall–Kier alpha value is 0.0600. The van der Waals surface area contributed by atoms with Crippen LogP contribution in [0.1, 0.15) is 13.3 Å². The number of carbonyl (C=O) groups is 1. The molecule has 0 radical (unpaired) electrons. The highest BCUT2D eigenvalue weighted by atomic mass is 31.0. The molecule has 0 rings (SSSR count). The first-order valence-corrected chi connectivity index (χ1v) is 3.27. The van der Waals surface area contributed by atoms with E-state index in [2.05, 4.69) is 14.5 Å². The normalized spacial score (nSPS) is 13.2. The van der Waals surface area contributed by atoms with E-state index in [9.17, 15) is 4.79 Å². The number of hydrogen-bond acceptors (Lipinski definition) is 2. The average Bonchev–Trinajstić information content (AvgIpc) is 1.83. The van der Waals surface area contributed by atoms with Crippen molar-refractivity contribution < 1.29 is 4.79 Å². The maximum Gasteiger partial charge on any atom is 0.122 e. The van der Waals surface area contributed by atoms with Crippen molar-refractivity contribution in [3.8, 4) is 0 Å². The van der Waals surface area contributed by atoms with Crippen LogP contribution in [0.4, 0.5) is 0 Å². The van der Waals surface area contributed by atoms with Gasteiger partial charge in [0.05, 0.1) is 0 Å². The summed E-state index contributed by atoms with van der Waals surface area (Å²) >= 11 is 0. The first-order valence-electron chi connectivity index (χ1n) is 2.70. The van der Waals surface area contributed by atoms with Gasteiger partial charge in [0.1, 0.15) is 6.29 Å². The minimum absolute atomic E-state index is 0.197. The summed E-state index contributed by atoms with van der Waals surface area (Å²) in [6.07, 6.45) is 1.90. The van der Waals surface area contributed by atoms with Crippen LogP contribution in [0.15, 0.2) is 0 Å². The van der Waals surface area contributed by atoms with Crippen molar-refractivity contribution in [3.63, 3.8) is 0 Å². The summed E-state index contributed by atoms with van der Waals surface area (Å²) in [5.41, 5.74) is 0. The van der Waals surface area contributed by atoms with Gasteiger partial charge in [-0.1, -0.05) is 16.3 Å². The lowest BCUT2D eigenvalue weighted by atomic mass is 10.1. The van der Waals surface area contributed by atoms with E-state index in [-0.39, 0.29) is 5.92 Å². The van der Waals surface area contributed by atoms with Crippen molar-refractivity contribution in [2.75, 3.05) is 6.54 Å². The van der Waals surface area contributed by atoms with Crippen LogP contribution in [0.5, 0.6) is 0 Å². The average molecular weight is 133 g/mol. The van der Waals surface area contributed by atoms with Crippen LogP contribution >= 0.6 is 9.39 Å². The maximum absolute atomic E-state index is 9.98. The molecule has 0 amide bonds. The Morgan fingerprint density at radius 1 is 1.88 bits per heavy atom. The number of rotatable bonds is 4. The van der Waals surface area contributed by atoms with Crippen molar-refractivity contribution in [1.29, 1.82) is 0 Å². The van der Waals surface area contributed by atoms with E-state index in [1.807, 2.05) is 6.92 Å².